The van der Waals surface area contributed by atoms with Gasteiger partial charge in [-0.3, -0.25) is 9.59 Å². The second-order valence-corrected chi connectivity index (χ2v) is 11.4. The van der Waals surface area contributed by atoms with E-state index in [1.54, 1.807) is 20.8 Å². The van der Waals surface area contributed by atoms with E-state index in [9.17, 15) is 19.5 Å². The molecule has 0 bridgehead atoms. The van der Waals surface area contributed by atoms with Gasteiger partial charge in [-0.25, -0.2) is 4.79 Å². The van der Waals surface area contributed by atoms with Crippen LogP contribution in [-0.2, 0) is 14.3 Å². The van der Waals surface area contributed by atoms with E-state index in [2.05, 4.69) is 10.6 Å². The molecule has 0 heterocycles. The monoisotopic (exact) mass is 525 g/mol. The van der Waals surface area contributed by atoms with Gasteiger partial charge in [-0.1, -0.05) is 54.4 Å². The molecule has 2 aromatic carbocycles. The molecular weight excluding hydrogens is 482 g/mol. The average molecular weight is 526 g/mol. The maximum atomic E-state index is 14.1. The van der Waals surface area contributed by atoms with E-state index >= 15 is 0 Å². The van der Waals surface area contributed by atoms with E-state index in [0.29, 0.717) is 17.7 Å². The summed E-state index contributed by atoms with van der Waals surface area (Å²) in [6.07, 6.45) is -0.311. The minimum atomic E-state index is -1.31. The summed E-state index contributed by atoms with van der Waals surface area (Å²) >= 11 is 0. The SMILES string of the molecule is CCC(C)(C)N(C(=O)C(CO)NC(=O)OC(C)(C)C)C(C(=O)Nc1ccccc1C)c1cc(C)cc(C)c1. The van der Waals surface area contributed by atoms with Gasteiger partial charge in [0.05, 0.1) is 6.61 Å². The summed E-state index contributed by atoms with van der Waals surface area (Å²) in [4.78, 5) is 42.1. The van der Waals surface area contributed by atoms with Gasteiger partial charge in [0.1, 0.15) is 17.7 Å². The molecule has 0 spiro atoms. The van der Waals surface area contributed by atoms with E-state index in [4.69, 9.17) is 4.74 Å². The van der Waals surface area contributed by atoms with Crippen molar-refractivity contribution in [3.05, 3.63) is 64.7 Å². The Balaban J connectivity index is 2.64. The highest BCUT2D eigenvalue weighted by molar-refractivity contribution is 5.99. The predicted octanol–water partition coefficient (Wildman–Crippen LogP) is 5.19. The van der Waals surface area contributed by atoms with Crippen molar-refractivity contribution in [2.24, 2.45) is 0 Å². The van der Waals surface area contributed by atoms with Gasteiger partial charge in [0.15, 0.2) is 0 Å². The molecule has 3 N–H and O–H groups in total. The number of carbonyl (C=O) groups excluding carboxylic acids is 3. The van der Waals surface area contributed by atoms with Gasteiger partial charge in [-0.05, 0) is 79.0 Å². The van der Waals surface area contributed by atoms with Crippen LogP contribution < -0.4 is 10.6 Å². The van der Waals surface area contributed by atoms with E-state index < -0.39 is 47.7 Å². The number of amides is 3. The van der Waals surface area contributed by atoms with Crippen LogP contribution in [-0.4, -0.2) is 51.7 Å². The number of hydrogen-bond acceptors (Lipinski definition) is 5. The van der Waals surface area contributed by atoms with Crippen LogP contribution in [0.4, 0.5) is 10.5 Å². The van der Waals surface area contributed by atoms with Crippen LogP contribution in [0, 0.1) is 20.8 Å². The molecule has 2 aromatic rings. The van der Waals surface area contributed by atoms with Gasteiger partial charge in [0.25, 0.3) is 5.91 Å². The molecule has 3 amide bonds. The molecule has 0 aromatic heterocycles. The van der Waals surface area contributed by atoms with Crippen molar-refractivity contribution in [3.8, 4) is 0 Å². The Kier molecular flexibility index (Phi) is 10.1. The molecule has 208 valence electrons. The third kappa shape index (κ3) is 8.05. The molecular formula is C30H43N3O5. The van der Waals surface area contributed by atoms with Crippen LogP contribution in [0.5, 0.6) is 0 Å². The van der Waals surface area contributed by atoms with Crippen molar-refractivity contribution < 1.29 is 24.2 Å². The molecule has 2 atom stereocenters. The molecule has 2 unspecified atom stereocenters. The van der Waals surface area contributed by atoms with E-state index in [1.165, 1.54) is 4.90 Å². The zero-order valence-electron chi connectivity index (χ0n) is 24.1. The normalized spacial score (nSPS) is 13.3. The van der Waals surface area contributed by atoms with Gasteiger partial charge < -0.3 is 25.4 Å². The van der Waals surface area contributed by atoms with E-state index in [0.717, 1.165) is 16.7 Å². The lowest BCUT2D eigenvalue weighted by molar-refractivity contribution is -0.148. The fraction of sp³-hybridized carbons (Fsp3) is 0.500. The third-order valence-corrected chi connectivity index (χ3v) is 6.40. The quantitative estimate of drug-likeness (QED) is 0.417. The summed E-state index contributed by atoms with van der Waals surface area (Å²) in [5, 5.41) is 15.7. The minimum Gasteiger partial charge on any atom is -0.444 e. The summed E-state index contributed by atoms with van der Waals surface area (Å²) < 4.78 is 5.32. The highest BCUT2D eigenvalue weighted by atomic mass is 16.6. The Hall–Kier alpha value is -3.39. The third-order valence-electron chi connectivity index (χ3n) is 6.40. The van der Waals surface area contributed by atoms with E-state index in [-0.39, 0.29) is 0 Å². The summed E-state index contributed by atoms with van der Waals surface area (Å²) in [5.74, 6) is -0.984. The lowest BCUT2D eigenvalue weighted by Gasteiger charge is -2.44. The number of aliphatic hydroxyl groups is 1. The molecule has 0 saturated heterocycles. The van der Waals surface area contributed by atoms with Crippen molar-refractivity contribution in [2.75, 3.05) is 11.9 Å². The molecule has 38 heavy (non-hydrogen) atoms. The number of hydrogen-bond donors (Lipinski definition) is 3. The molecule has 2 rings (SSSR count). The first-order chi connectivity index (χ1) is 17.6. The molecule has 0 fully saturated rings. The molecule has 0 aliphatic carbocycles. The lowest BCUT2D eigenvalue weighted by atomic mass is 9.91. The molecule has 0 aliphatic rings. The number of nitrogens with one attached hydrogen (secondary N) is 2. The van der Waals surface area contributed by atoms with Gasteiger partial charge in [-0.15, -0.1) is 0 Å². The maximum Gasteiger partial charge on any atom is 0.408 e. The average Bonchev–Trinajstić information content (AvgIpc) is 2.79. The maximum absolute atomic E-state index is 14.1. The van der Waals surface area contributed by atoms with Crippen LogP contribution in [0.2, 0.25) is 0 Å². The van der Waals surface area contributed by atoms with Crippen LogP contribution in [0.25, 0.3) is 0 Å². The largest absolute Gasteiger partial charge is 0.444 e. The van der Waals surface area contributed by atoms with Gasteiger partial charge >= 0.3 is 6.09 Å². The first-order valence-electron chi connectivity index (χ1n) is 13.0. The van der Waals surface area contributed by atoms with E-state index in [1.807, 2.05) is 84.0 Å². The number of nitrogens with zero attached hydrogens (tertiary/aromatic N) is 1. The smallest absolute Gasteiger partial charge is 0.408 e. The first-order valence-corrected chi connectivity index (χ1v) is 13.0. The van der Waals surface area contributed by atoms with Crippen LogP contribution >= 0.6 is 0 Å². The van der Waals surface area contributed by atoms with Crippen molar-refractivity contribution >= 4 is 23.6 Å². The Morgan fingerprint density at radius 1 is 0.974 bits per heavy atom. The number of benzene rings is 2. The number of alkyl carbamates (subject to hydrolysis) is 1. The van der Waals surface area contributed by atoms with Crippen LogP contribution in [0.1, 0.15) is 76.3 Å². The zero-order chi connectivity index (χ0) is 28.8. The Labute approximate surface area is 226 Å². The van der Waals surface area contributed by atoms with Crippen LogP contribution in [0.15, 0.2) is 42.5 Å². The molecule has 8 heteroatoms. The van der Waals surface area contributed by atoms with Gasteiger partial charge in [0.2, 0.25) is 5.91 Å². The summed E-state index contributed by atoms with van der Waals surface area (Å²) in [6.45, 7) is 15.9. The highest BCUT2D eigenvalue weighted by Gasteiger charge is 2.43. The number of aliphatic hydroxyl groups excluding tert-OH is 1. The van der Waals surface area contributed by atoms with Crippen molar-refractivity contribution in [1.29, 1.82) is 0 Å². The number of ether oxygens (including phenoxy) is 1. The standard InChI is InChI=1S/C30H43N3O5/c1-10-30(8,9)33(27(36)24(18-34)32-28(37)38-29(5,6)7)25(22-16-19(2)15-20(3)17-22)26(35)31-23-14-12-11-13-21(23)4/h11-17,24-25,34H,10,18H2,1-9H3,(H,31,35)(H,32,37). The highest BCUT2D eigenvalue weighted by Crippen LogP contribution is 2.34. The number of aryl methyl sites for hydroxylation is 3. The fourth-order valence-electron chi connectivity index (χ4n) is 4.25. The number of para-hydroxylation sites is 1. The minimum absolute atomic E-state index is 0.395. The van der Waals surface area contributed by atoms with Crippen molar-refractivity contribution in [3.63, 3.8) is 0 Å². The Bertz CT molecular complexity index is 1130. The predicted molar refractivity (Wildman–Crippen MR) is 150 cm³/mol. The summed E-state index contributed by atoms with van der Waals surface area (Å²) in [7, 11) is 0. The van der Waals surface area contributed by atoms with Gasteiger partial charge in [-0.2, -0.15) is 0 Å². The molecule has 8 nitrogen and oxygen atoms in total. The number of rotatable bonds is 9. The Morgan fingerprint density at radius 3 is 2.05 bits per heavy atom. The number of carbonyl (C=O) groups is 3. The molecule has 0 saturated carbocycles. The van der Waals surface area contributed by atoms with Crippen molar-refractivity contribution in [2.45, 2.75) is 92.0 Å². The first kappa shape index (κ1) is 30.8. The van der Waals surface area contributed by atoms with Crippen LogP contribution in [0.3, 0.4) is 0 Å². The fourth-order valence-corrected chi connectivity index (χ4v) is 4.25. The van der Waals surface area contributed by atoms with Gasteiger partial charge in [0, 0.05) is 11.2 Å². The summed E-state index contributed by atoms with van der Waals surface area (Å²) in [6, 6.07) is 10.8. The topological polar surface area (TPSA) is 108 Å². The summed E-state index contributed by atoms with van der Waals surface area (Å²) in [5.41, 5.74) is 2.45. The van der Waals surface area contributed by atoms with Crippen molar-refractivity contribution in [1.82, 2.24) is 10.2 Å². The lowest BCUT2D eigenvalue weighted by Crippen LogP contribution is -2.59. The molecule has 0 radical (unpaired) electrons. The molecule has 0 aliphatic heterocycles. The second kappa shape index (κ2) is 12.4. The second-order valence-electron chi connectivity index (χ2n) is 11.4. The zero-order valence-corrected chi connectivity index (χ0v) is 24.1. The number of anilines is 1. The Morgan fingerprint density at radius 2 is 1.55 bits per heavy atom.